The Bertz CT molecular complexity index is 1240. The van der Waals surface area contributed by atoms with Crippen LogP contribution < -0.4 is 9.47 Å². The van der Waals surface area contributed by atoms with Crippen molar-refractivity contribution in [1.82, 2.24) is 9.55 Å². The molecule has 4 heteroatoms. The molecule has 1 aromatic heterocycles. The molecule has 0 bridgehead atoms. The molecule has 0 radical (unpaired) electrons. The molecule has 0 aliphatic rings. The lowest BCUT2D eigenvalue weighted by molar-refractivity contribution is 0.277. The van der Waals surface area contributed by atoms with Crippen LogP contribution in [-0.2, 0) is 13.2 Å². The molecule has 0 N–H and O–H groups in total. The monoisotopic (exact) mass is 442 g/mol. The van der Waals surface area contributed by atoms with Gasteiger partial charge in [0.25, 0.3) is 0 Å². The average Bonchev–Trinajstić information content (AvgIpc) is 3.15. The van der Waals surface area contributed by atoms with E-state index in [1.165, 1.54) is 22.3 Å². The molecule has 0 saturated carbocycles. The van der Waals surface area contributed by atoms with E-state index in [4.69, 9.17) is 14.5 Å². The number of hydrogen-bond acceptors (Lipinski definition) is 3. The third kappa shape index (κ3) is 5.22. The number of imidazole rings is 1. The minimum absolute atomic E-state index is 0.404. The number of aryl methyl sites for hydroxylation is 3. The molecule has 4 nitrogen and oxygen atoms in total. The van der Waals surface area contributed by atoms with Gasteiger partial charge in [-0.2, -0.15) is 0 Å². The number of ether oxygens (including phenoxy) is 2. The third-order valence-electron chi connectivity index (χ3n) is 6.22. The van der Waals surface area contributed by atoms with Gasteiger partial charge in [-0.1, -0.05) is 50.2 Å². The summed E-state index contributed by atoms with van der Waals surface area (Å²) in [5.74, 6) is 3.26. The predicted octanol–water partition coefficient (Wildman–Crippen LogP) is 7.13. The second-order valence-corrected chi connectivity index (χ2v) is 9.05. The minimum atomic E-state index is 0.404. The summed E-state index contributed by atoms with van der Waals surface area (Å²) in [4.78, 5) is 4.88. The van der Waals surface area contributed by atoms with E-state index in [0.717, 1.165) is 41.3 Å². The summed E-state index contributed by atoms with van der Waals surface area (Å²) in [7, 11) is 0. The smallest absolute Gasteiger partial charge is 0.148 e. The van der Waals surface area contributed by atoms with Gasteiger partial charge < -0.3 is 14.0 Å². The zero-order valence-electron chi connectivity index (χ0n) is 20.4. The van der Waals surface area contributed by atoms with Crippen molar-refractivity contribution in [2.75, 3.05) is 6.61 Å². The summed E-state index contributed by atoms with van der Waals surface area (Å²) in [5.41, 5.74) is 7.02. The third-order valence-corrected chi connectivity index (χ3v) is 6.22. The van der Waals surface area contributed by atoms with Crippen LogP contribution in [0.4, 0.5) is 0 Å². The van der Waals surface area contributed by atoms with E-state index in [-0.39, 0.29) is 0 Å². The standard InChI is InChI=1S/C29H34N2O2/c1-20(2)24-15-14-21(3)18-28(24)33-19-29-30-25-11-6-7-12-26(25)31(29)16-9-17-32-27-13-8-10-22(4)23(27)5/h6-8,10-15,18,20H,9,16-17,19H2,1-5H3. The highest BCUT2D eigenvalue weighted by Gasteiger charge is 2.14. The molecule has 33 heavy (non-hydrogen) atoms. The molecule has 0 atom stereocenters. The first-order chi connectivity index (χ1) is 15.9. The zero-order chi connectivity index (χ0) is 23.4. The number of hydrogen-bond donors (Lipinski definition) is 0. The van der Waals surface area contributed by atoms with Gasteiger partial charge in [0.15, 0.2) is 0 Å². The van der Waals surface area contributed by atoms with Gasteiger partial charge in [-0.25, -0.2) is 4.98 Å². The summed E-state index contributed by atoms with van der Waals surface area (Å²) in [6, 6.07) is 20.9. The summed E-state index contributed by atoms with van der Waals surface area (Å²) < 4.78 is 14.7. The Morgan fingerprint density at radius 2 is 1.70 bits per heavy atom. The van der Waals surface area contributed by atoms with E-state index in [0.29, 0.717) is 19.1 Å². The van der Waals surface area contributed by atoms with E-state index in [2.05, 4.69) is 81.7 Å². The fourth-order valence-electron chi connectivity index (χ4n) is 4.16. The highest BCUT2D eigenvalue weighted by atomic mass is 16.5. The molecule has 172 valence electrons. The molecule has 4 aromatic rings. The van der Waals surface area contributed by atoms with Gasteiger partial charge in [0.2, 0.25) is 0 Å². The van der Waals surface area contributed by atoms with Crippen LogP contribution in [0.15, 0.2) is 60.7 Å². The lowest BCUT2D eigenvalue weighted by Crippen LogP contribution is -2.11. The SMILES string of the molecule is Cc1ccc(C(C)C)c(OCc2nc3ccccc3n2CCCOc2cccc(C)c2C)c1. The Morgan fingerprint density at radius 3 is 2.52 bits per heavy atom. The van der Waals surface area contributed by atoms with Gasteiger partial charge in [0, 0.05) is 6.54 Å². The molecule has 0 saturated heterocycles. The predicted molar refractivity (Wildman–Crippen MR) is 135 cm³/mol. The summed E-state index contributed by atoms with van der Waals surface area (Å²) >= 11 is 0. The van der Waals surface area contributed by atoms with Gasteiger partial charge in [0.1, 0.15) is 23.9 Å². The largest absolute Gasteiger partial charge is 0.493 e. The van der Waals surface area contributed by atoms with Crippen molar-refractivity contribution < 1.29 is 9.47 Å². The van der Waals surface area contributed by atoms with E-state index in [9.17, 15) is 0 Å². The van der Waals surface area contributed by atoms with Gasteiger partial charge >= 0.3 is 0 Å². The number of aromatic nitrogens is 2. The van der Waals surface area contributed by atoms with Crippen LogP contribution in [0.5, 0.6) is 11.5 Å². The Hall–Kier alpha value is -3.27. The molecule has 1 heterocycles. The maximum absolute atomic E-state index is 6.33. The van der Waals surface area contributed by atoms with Crippen molar-refractivity contribution in [3.05, 3.63) is 88.7 Å². The minimum Gasteiger partial charge on any atom is -0.493 e. The first-order valence-electron chi connectivity index (χ1n) is 11.8. The number of para-hydroxylation sites is 2. The van der Waals surface area contributed by atoms with Crippen LogP contribution in [-0.4, -0.2) is 16.2 Å². The molecule has 0 amide bonds. The molecule has 0 fully saturated rings. The summed E-state index contributed by atoms with van der Waals surface area (Å²) in [6.07, 6.45) is 0.891. The highest BCUT2D eigenvalue weighted by molar-refractivity contribution is 5.75. The van der Waals surface area contributed by atoms with Crippen LogP contribution in [0.25, 0.3) is 11.0 Å². The van der Waals surface area contributed by atoms with E-state index in [1.807, 2.05) is 18.2 Å². The quantitative estimate of drug-likeness (QED) is 0.259. The number of nitrogens with zero attached hydrogens (tertiary/aromatic N) is 2. The maximum atomic E-state index is 6.33. The van der Waals surface area contributed by atoms with Crippen LogP contribution in [0, 0.1) is 20.8 Å². The lowest BCUT2D eigenvalue weighted by Gasteiger charge is -2.16. The van der Waals surface area contributed by atoms with Crippen LogP contribution >= 0.6 is 0 Å². The van der Waals surface area contributed by atoms with E-state index in [1.54, 1.807) is 0 Å². The van der Waals surface area contributed by atoms with Crippen LogP contribution in [0.2, 0.25) is 0 Å². The molecule has 3 aromatic carbocycles. The highest BCUT2D eigenvalue weighted by Crippen LogP contribution is 2.29. The normalized spacial score (nSPS) is 11.3. The lowest BCUT2D eigenvalue weighted by atomic mass is 10.0. The molecule has 4 rings (SSSR count). The van der Waals surface area contributed by atoms with Gasteiger partial charge in [-0.05, 0) is 79.6 Å². The first kappa shape index (κ1) is 22.9. The average molecular weight is 443 g/mol. The first-order valence-corrected chi connectivity index (χ1v) is 11.8. The molecule has 0 unspecified atom stereocenters. The van der Waals surface area contributed by atoms with Crippen LogP contribution in [0.1, 0.15) is 54.3 Å². The molecule has 0 aliphatic heterocycles. The number of rotatable bonds is 9. The van der Waals surface area contributed by atoms with Gasteiger partial charge in [-0.3, -0.25) is 0 Å². The van der Waals surface area contributed by atoms with E-state index < -0.39 is 0 Å². The Labute approximate surface area is 197 Å². The Morgan fingerprint density at radius 1 is 0.879 bits per heavy atom. The number of benzene rings is 3. The zero-order valence-corrected chi connectivity index (χ0v) is 20.4. The van der Waals surface area contributed by atoms with Gasteiger partial charge in [-0.15, -0.1) is 0 Å². The van der Waals surface area contributed by atoms with Crippen LogP contribution in [0.3, 0.4) is 0 Å². The van der Waals surface area contributed by atoms with Crippen molar-refractivity contribution in [2.24, 2.45) is 0 Å². The van der Waals surface area contributed by atoms with Crippen molar-refractivity contribution in [1.29, 1.82) is 0 Å². The van der Waals surface area contributed by atoms with E-state index >= 15 is 0 Å². The Kier molecular flexibility index (Phi) is 7.02. The van der Waals surface area contributed by atoms with Crippen molar-refractivity contribution in [2.45, 2.75) is 60.1 Å². The number of fused-ring (bicyclic) bond motifs is 1. The topological polar surface area (TPSA) is 36.3 Å². The summed E-state index contributed by atoms with van der Waals surface area (Å²) in [5, 5.41) is 0. The molecular weight excluding hydrogens is 408 g/mol. The van der Waals surface area contributed by atoms with Crippen molar-refractivity contribution in [3.8, 4) is 11.5 Å². The maximum Gasteiger partial charge on any atom is 0.148 e. The van der Waals surface area contributed by atoms with Crippen molar-refractivity contribution >= 4 is 11.0 Å². The fourth-order valence-corrected chi connectivity index (χ4v) is 4.16. The molecular formula is C29H34N2O2. The Balaban J connectivity index is 1.49. The molecule has 0 spiro atoms. The summed E-state index contributed by atoms with van der Waals surface area (Å²) in [6.45, 7) is 12.6. The second-order valence-electron chi connectivity index (χ2n) is 9.05. The second kappa shape index (κ2) is 10.1. The van der Waals surface area contributed by atoms with Gasteiger partial charge in [0.05, 0.1) is 17.6 Å². The molecule has 0 aliphatic carbocycles. The fraction of sp³-hybridized carbons (Fsp3) is 0.345. The van der Waals surface area contributed by atoms with Crippen molar-refractivity contribution in [3.63, 3.8) is 0 Å².